The second-order valence-electron chi connectivity index (χ2n) is 3.51. The molecule has 2 aromatic rings. The van der Waals surface area contributed by atoms with Crippen molar-refractivity contribution in [3.8, 4) is 5.75 Å². The number of ether oxygens (including phenoxy) is 1. The molecule has 0 bridgehead atoms. The Morgan fingerprint density at radius 1 is 1.24 bits per heavy atom. The van der Waals surface area contributed by atoms with Crippen molar-refractivity contribution in [1.82, 2.24) is 4.98 Å². The number of nitrogens with zero attached hydrogens (tertiary/aromatic N) is 1. The van der Waals surface area contributed by atoms with Gasteiger partial charge in [0.1, 0.15) is 6.61 Å². The number of benzene rings is 1. The third kappa shape index (κ3) is 3.03. The number of para-hydroxylation sites is 1. The minimum Gasteiger partial charge on any atom is -0.485 e. The molecule has 1 heterocycles. The topological polar surface area (TPSA) is 22.1 Å². The second-order valence-corrected chi connectivity index (χ2v) is 4.07. The van der Waals surface area contributed by atoms with Gasteiger partial charge >= 0.3 is 0 Å². The van der Waals surface area contributed by atoms with Crippen LogP contribution in [0.2, 0.25) is 0 Å². The highest BCUT2D eigenvalue weighted by molar-refractivity contribution is 9.08. The lowest BCUT2D eigenvalue weighted by Crippen LogP contribution is -2.00. The Balaban J connectivity index is 2.14. The standard InChI is InChI=1S/C13H11BrFNO/c14-7-11-4-1-5-12(15)13(11)17-9-10-3-2-6-16-8-10/h1-6,8H,7,9H2. The number of pyridine rings is 1. The smallest absolute Gasteiger partial charge is 0.165 e. The van der Waals surface area contributed by atoms with E-state index in [1.54, 1.807) is 18.5 Å². The zero-order chi connectivity index (χ0) is 12.1. The van der Waals surface area contributed by atoms with E-state index in [9.17, 15) is 4.39 Å². The van der Waals surface area contributed by atoms with Crippen molar-refractivity contribution in [2.75, 3.05) is 0 Å². The van der Waals surface area contributed by atoms with Crippen molar-refractivity contribution in [3.05, 3.63) is 59.7 Å². The molecule has 0 atom stereocenters. The van der Waals surface area contributed by atoms with Gasteiger partial charge in [0, 0.05) is 28.9 Å². The molecule has 4 heteroatoms. The molecule has 0 amide bonds. The van der Waals surface area contributed by atoms with Crippen LogP contribution in [0.25, 0.3) is 0 Å². The fourth-order valence-electron chi connectivity index (χ4n) is 1.46. The first-order valence-corrected chi connectivity index (χ1v) is 6.28. The normalized spacial score (nSPS) is 10.2. The van der Waals surface area contributed by atoms with Crippen LogP contribution in [0, 0.1) is 5.82 Å². The summed E-state index contributed by atoms with van der Waals surface area (Å²) in [5.41, 5.74) is 1.71. The average molecular weight is 296 g/mol. The first-order chi connectivity index (χ1) is 8.31. The molecule has 2 rings (SSSR count). The molecule has 1 aromatic heterocycles. The summed E-state index contributed by atoms with van der Waals surface area (Å²) in [4.78, 5) is 3.98. The largest absolute Gasteiger partial charge is 0.485 e. The molecule has 0 aliphatic rings. The summed E-state index contributed by atoms with van der Waals surface area (Å²) in [6.07, 6.45) is 3.39. The molecule has 0 fully saturated rings. The second kappa shape index (κ2) is 5.77. The summed E-state index contributed by atoms with van der Waals surface area (Å²) in [6.45, 7) is 0.314. The van der Waals surface area contributed by atoms with Crippen molar-refractivity contribution in [3.63, 3.8) is 0 Å². The van der Waals surface area contributed by atoms with Crippen molar-refractivity contribution in [2.45, 2.75) is 11.9 Å². The van der Waals surface area contributed by atoms with E-state index in [0.717, 1.165) is 11.1 Å². The van der Waals surface area contributed by atoms with E-state index in [2.05, 4.69) is 20.9 Å². The van der Waals surface area contributed by atoms with Gasteiger partial charge in [-0.05, 0) is 12.1 Å². The molecule has 17 heavy (non-hydrogen) atoms. The minimum atomic E-state index is -0.342. The summed E-state index contributed by atoms with van der Waals surface area (Å²) < 4.78 is 19.1. The van der Waals surface area contributed by atoms with Crippen LogP contribution in [0.1, 0.15) is 11.1 Å². The highest BCUT2D eigenvalue weighted by Crippen LogP contribution is 2.25. The van der Waals surface area contributed by atoms with Gasteiger partial charge in [-0.3, -0.25) is 4.98 Å². The van der Waals surface area contributed by atoms with E-state index < -0.39 is 0 Å². The van der Waals surface area contributed by atoms with Crippen LogP contribution >= 0.6 is 15.9 Å². The molecule has 0 radical (unpaired) electrons. The Hall–Kier alpha value is -1.42. The van der Waals surface area contributed by atoms with Gasteiger partial charge in [-0.1, -0.05) is 34.1 Å². The van der Waals surface area contributed by atoms with Crippen molar-refractivity contribution in [2.24, 2.45) is 0 Å². The SMILES string of the molecule is Fc1cccc(CBr)c1OCc1cccnc1. The fourth-order valence-corrected chi connectivity index (χ4v) is 1.90. The van der Waals surface area contributed by atoms with Gasteiger partial charge in [-0.25, -0.2) is 4.39 Å². The Bertz CT molecular complexity index is 490. The lowest BCUT2D eigenvalue weighted by atomic mass is 10.2. The fraction of sp³-hybridized carbons (Fsp3) is 0.154. The van der Waals surface area contributed by atoms with Crippen LogP contribution in [0.5, 0.6) is 5.75 Å². The predicted octanol–water partition coefficient (Wildman–Crippen LogP) is 3.69. The molecule has 1 aromatic carbocycles. The van der Waals surface area contributed by atoms with Gasteiger partial charge in [0.05, 0.1) is 0 Å². The Kier molecular flexibility index (Phi) is 4.09. The molecule has 2 nitrogen and oxygen atoms in total. The van der Waals surface area contributed by atoms with E-state index in [1.165, 1.54) is 6.07 Å². The Labute approximate surface area is 108 Å². The van der Waals surface area contributed by atoms with E-state index in [0.29, 0.717) is 17.7 Å². The summed E-state index contributed by atoms with van der Waals surface area (Å²) in [6, 6.07) is 8.61. The first-order valence-electron chi connectivity index (χ1n) is 5.16. The maximum atomic E-state index is 13.6. The molecule has 0 spiro atoms. The molecule has 0 saturated heterocycles. The quantitative estimate of drug-likeness (QED) is 0.803. The van der Waals surface area contributed by atoms with Gasteiger partial charge < -0.3 is 4.74 Å². The molecule has 0 saturated carbocycles. The first kappa shape index (κ1) is 12.0. The summed E-state index contributed by atoms with van der Waals surface area (Å²) in [5, 5.41) is 0.563. The molecule has 0 aliphatic carbocycles. The van der Waals surface area contributed by atoms with E-state index in [1.807, 2.05) is 18.2 Å². The van der Waals surface area contributed by atoms with E-state index >= 15 is 0 Å². The predicted molar refractivity (Wildman–Crippen MR) is 67.6 cm³/mol. The monoisotopic (exact) mass is 295 g/mol. The number of hydrogen-bond acceptors (Lipinski definition) is 2. The lowest BCUT2D eigenvalue weighted by Gasteiger charge is -2.10. The van der Waals surface area contributed by atoms with Gasteiger partial charge in [0.2, 0.25) is 0 Å². The third-order valence-electron chi connectivity index (χ3n) is 2.30. The highest BCUT2D eigenvalue weighted by atomic mass is 79.9. The van der Waals surface area contributed by atoms with Crippen LogP contribution in [0.3, 0.4) is 0 Å². The molecular formula is C13H11BrFNO. The van der Waals surface area contributed by atoms with Gasteiger partial charge in [-0.2, -0.15) is 0 Å². The number of rotatable bonds is 4. The van der Waals surface area contributed by atoms with Crippen LogP contribution in [0.15, 0.2) is 42.7 Å². The van der Waals surface area contributed by atoms with Gasteiger partial charge in [0.15, 0.2) is 11.6 Å². The molecule has 0 aliphatic heterocycles. The van der Waals surface area contributed by atoms with Crippen molar-refractivity contribution >= 4 is 15.9 Å². The third-order valence-corrected chi connectivity index (χ3v) is 2.90. The zero-order valence-corrected chi connectivity index (χ0v) is 10.7. The number of halogens is 2. The van der Waals surface area contributed by atoms with E-state index in [-0.39, 0.29) is 5.82 Å². The van der Waals surface area contributed by atoms with Crippen LogP contribution in [-0.4, -0.2) is 4.98 Å². The van der Waals surface area contributed by atoms with Crippen molar-refractivity contribution < 1.29 is 9.13 Å². The van der Waals surface area contributed by atoms with Crippen molar-refractivity contribution in [1.29, 1.82) is 0 Å². The lowest BCUT2D eigenvalue weighted by molar-refractivity contribution is 0.287. The van der Waals surface area contributed by atoms with Crippen LogP contribution < -0.4 is 4.74 Å². The maximum absolute atomic E-state index is 13.6. The average Bonchev–Trinajstić information content (AvgIpc) is 2.38. The molecule has 0 N–H and O–H groups in total. The summed E-state index contributed by atoms with van der Waals surface area (Å²) in [7, 11) is 0. The van der Waals surface area contributed by atoms with Gasteiger partial charge in [-0.15, -0.1) is 0 Å². The molecule has 0 unspecified atom stereocenters. The van der Waals surface area contributed by atoms with E-state index in [4.69, 9.17) is 4.74 Å². The summed E-state index contributed by atoms with van der Waals surface area (Å²) >= 11 is 3.31. The Morgan fingerprint density at radius 3 is 2.82 bits per heavy atom. The number of aromatic nitrogens is 1. The maximum Gasteiger partial charge on any atom is 0.165 e. The summed E-state index contributed by atoms with van der Waals surface area (Å²) in [5.74, 6) is -0.0425. The minimum absolute atomic E-state index is 0.299. The molecule has 88 valence electrons. The van der Waals surface area contributed by atoms with Gasteiger partial charge in [0.25, 0.3) is 0 Å². The highest BCUT2D eigenvalue weighted by Gasteiger charge is 2.08. The molecular weight excluding hydrogens is 285 g/mol. The van der Waals surface area contributed by atoms with Crippen LogP contribution in [0.4, 0.5) is 4.39 Å². The zero-order valence-electron chi connectivity index (χ0n) is 9.07. The van der Waals surface area contributed by atoms with Crippen LogP contribution in [-0.2, 0) is 11.9 Å². The Morgan fingerprint density at radius 2 is 2.12 bits per heavy atom. The number of hydrogen-bond donors (Lipinski definition) is 0. The number of alkyl halides is 1.